The van der Waals surface area contributed by atoms with Crippen LogP contribution in [0.2, 0.25) is 5.02 Å². The van der Waals surface area contributed by atoms with E-state index in [1.807, 2.05) is 0 Å². The smallest absolute Gasteiger partial charge is 0.387 e. The molecule has 1 fully saturated rings. The first kappa shape index (κ1) is 20.7. The lowest BCUT2D eigenvalue weighted by molar-refractivity contribution is -0.0504. The van der Waals surface area contributed by atoms with E-state index in [4.69, 9.17) is 11.6 Å². The number of guanidine groups is 1. The molecule has 146 valence electrons. The highest BCUT2D eigenvalue weighted by molar-refractivity contribution is 6.30. The molecule has 0 bridgehead atoms. The molecule has 1 aliphatic heterocycles. The van der Waals surface area contributed by atoms with Gasteiger partial charge in [0.1, 0.15) is 5.75 Å². The maximum Gasteiger partial charge on any atom is 0.387 e. The highest BCUT2D eigenvalue weighted by atomic mass is 35.5. The van der Waals surface area contributed by atoms with Gasteiger partial charge in [-0.15, -0.1) is 0 Å². The van der Waals surface area contributed by atoms with Gasteiger partial charge in [0.25, 0.3) is 0 Å². The van der Waals surface area contributed by atoms with Crippen molar-refractivity contribution in [1.82, 2.24) is 15.5 Å². The van der Waals surface area contributed by atoms with Gasteiger partial charge in [0, 0.05) is 30.7 Å². The molecule has 0 aliphatic carbocycles. The molecular weight excluding hydrogens is 362 g/mol. The summed E-state index contributed by atoms with van der Waals surface area (Å²) in [5, 5.41) is 6.86. The summed E-state index contributed by atoms with van der Waals surface area (Å²) in [5.74, 6) is 1.47. The van der Waals surface area contributed by atoms with Crippen LogP contribution in [0.5, 0.6) is 5.75 Å². The third kappa shape index (κ3) is 6.96. The zero-order valence-electron chi connectivity index (χ0n) is 15.3. The summed E-state index contributed by atoms with van der Waals surface area (Å²) in [4.78, 5) is 6.53. The van der Waals surface area contributed by atoms with Crippen molar-refractivity contribution in [3.63, 3.8) is 0 Å². The number of benzene rings is 1. The minimum Gasteiger partial charge on any atom is -0.434 e. The largest absolute Gasteiger partial charge is 0.434 e. The molecule has 2 rings (SSSR count). The predicted molar refractivity (Wildman–Crippen MR) is 101 cm³/mol. The number of ether oxygens (including phenoxy) is 1. The van der Waals surface area contributed by atoms with Crippen molar-refractivity contribution in [3.8, 4) is 5.75 Å². The molecule has 5 nitrogen and oxygen atoms in total. The van der Waals surface area contributed by atoms with E-state index in [2.05, 4.69) is 32.3 Å². The van der Waals surface area contributed by atoms with Crippen LogP contribution in [0, 0.1) is 5.92 Å². The molecule has 1 aromatic carbocycles. The van der Waals surface area contributed by atoms with Gasteiger partial charge in [0.05, 0.1) is 0 Å². The summed E-state index contributed by atoms with van der Waals surface area (Å²) in [6, 6.07) is 4.58. The first-order chi connectivity index (χ1) is 12.5. The normalized spacial score (nSPS) is 16.8. The highest BCUT2D eigenvalue weighted by Gasteiger charge is 2.16. The predicted octanol–water partition coefficient (Wildman–Crippen LogP) is 3.34. The van der Waals surface area contributed by atoms with E-state index in [9.17, 15) is 8.78 Å². The van der Waals surface area contributed by atoms with Crippen LogP contribution in [0.4, 0.5) is 8.78 Å². The minimum absolute atomic E-state index is 0.110. The lowest BCUT2D eigenvalue weighted by Crippen LogP contribution is -2.38. The molecule has 0 saturated carbocycles. The first-order valence-corrected chi connectivity index (χ1v) is 9.22. The van der Waals surface area contributed by atoms with Gasteiger partial charge in [-0.3, -0.25) is 4.99 Å². The van der Waals surface area contributed by atoms with Crippen molar-refractivity contribution in [3.05, 3.63) is 28.8 Å². The highest BCUT2D eigenvalue weighted by Crippen LogP contribution is 2.24. The first-order valence-electron chi connectivity index (χ1n) is 8.84. The van der Waals surface area contributed by atoms with E-state index >= 15 is 0 Å². The SMILES string of the molecule is CN=C(NCCC1CCN(C)CC1)NCc1cc(Cl)ccc1OC(F)F. The number of rotatable bonds is 7. The van der Waals surface area contributed by atoms with Crippen molar-refractivity contribution >= 4 is 17.6 Å². The third-order valence-electron chi connectivity index (χ3n) is 4.59. The Labute approximate surface area is 158 Å². The zero-order chi connectivity index (χ0) is 18.9. The Morgan fingerprint density at radius 1 is 1.35 bits per heavy atom. The number of nitrogens with one attached hydrogen (secondary N) is 2. The second kappa shape index (κ2) is 10.5. The molecule has 8 heteroatoms. The van der Waals surface area contributed by atoms with Gasteiger partial charge >= 0.3 is 6.61 Å². The average Bonchev–Trinajstić information content (AvgIpc) is 2.61. The summed E-state index contributed by atoms with van der Waals surface area (Å²) < 4.78 is 29.6. The molecule has 1 saturated heterocycles. The maximum absolute atomic E-state index is 12.5. The Kier molecular flexibility index (Phi) is 8.38. The van der Waals surface area contributed by atoms with Crippen molar-refractivity contribution in [2.75, 3.05) is 33.7 Å². The third-order valence-corrected chi connectivity index (χ3v) is 4.83. The van der Waals surface area contributed by atoms with Crippen LogP contribution < -0.4 is 15.4 Å². The Morgan fingerprint density at radius 3 is 2.73 bits per heavy atom. The summed E-state index contributed by atoms with van der Waals surface area (Å²) >= 11 is 5.96. The molecule has 2 N–H and O–H groups in total. The molecule has 0 amide bonds. The maximum atomic E-state index is 12.5. The van der Waals surface area contributed by atoms with E-state index in [-0.39, 0.29) is 12.3 Å². The molecule has 1 aromatic rings. The molecule has 1 aliphatic rings. The number of hydrogen-bond acceptors (Lipinski definition) is 3. The van der Waals surface area contributed by atoms with E-state index in [0.717, 1.165) is 32.0 Å². The lowest BCUT2D eigenvalue weighted by atomic mass is 9.94. The average molecular weight is 389 g/mol. The van der Waals surface area contributed by atoms with Crippen molar-refractivity contribution in [1.29, 1.82) is 0 Å². The van der Waals surface area contributed by atoms with E-state index in [1.54, 1.807) is 13.1 Å². The van der Waals surface area contributed by atoms with Crippen molar-refractivity contribution in [2.24, 2.45) is 10.9 Å². The second-order valence-electron chi connectivity index (χ2n) is 6.52. The number of alkyl halides is 2. The van der Waals surface area contributed by atoms with E-state index in [0.29, 0.717) is 16.5 Å². The molecule has 0 spiro atoms. The van der Waals surface area contributed by atoms with E-state index < -0.39 is 6.61 Å². The molecule has 1 heterocycles. The minimum atomic E-state index is -2.87. The van der Waals surface area contributed by atoms with Gasteiger partial charge in [-0.25, -0.2) is 0 Å². The number of likely N-dealkylation sites (tertiary alicyclic amines) is 1. The number of halogens is 3. The molecule has 0 unspecified atom stereocenters. The number of aliphatic imine (C=N–C) groups is 1. The summed E-state index contributed by atoms with van der Waals surface area (Å²) in [5.41, 5.74) is 0.552. The van der Waals surface area contributed by atoms with Crippen molar-refractivity contribution < 1.29 is 13.5 Å². The van der Waals surface area contributed by atoms with Gasteiger partial charge in [0.2, 0.25) is 0 Å². The van der Waals surface area contributed by atoms with Gasteiger partial charge in [0.15, 0.2) is 5.96 Å². The molecule has 0 radical (unpaired) electrons. The topological polar surface area (TPSA) is 48.9 Å². The summed E-state index contributed by atoms with van der Waals surface area (Å²) in [6.07, 6.45) is 3.54. The molecular formula is C18H27ClF2N4O. The zero-order valence-corrected chi connectivity index (χ0v) is 16.0. The van der Waals surface area contributed by atoms with Gasteiger partial charge in [-0.1, -0.05) is 11.6 Å². The Morgan fingerprint density at radius 2 is 2.08 bits per heavy atom. The Hall–Kier alpha value is -1.60. The van der Waals surface area contributed by atoms with Gasteiger partial charge in [-0.05, 0) is 63.5 Å². The lowest BCUT2D eigenvalue weighted by Gasteiger charge is -2.29. The van der Waals surface area contributed by atoms with Crippen LogP contribution in [0.15, 0.2) is 23.2 Å². The fourth-order valence-electron chi connectivity index (χ4n) is 3.04. The van der Waals surface area contributed by atoms with Crippen molar-refractivity contribution in [2.45, 2.75) is 32.4 Å². The number of nitrogens with zero attached hydrogens (tertiary/aromatic N) is 2. The van der Waals surface area contributed by atoms with Gasteiger partial charge in [-0.2, -0.15) is 8.78 Å². The fourth-order valence-corrected chi connectivity index (χ4v) is 3.24. The van der Waals surface area contributed by atoms with Crippen LogP contribution in [0.3, 0.4) is 0 Å². The molecule has 0 atom stereocenters. The number of piperidine rings is 1. The quantitative estimate of drug-likeness (QED) is 0.555. The van der Waals surface area contributed by atoms with Crippen LogP contribution in [0.25, 0.3) is 0 Å². The van der Waals surface area contributed by atoms with Crippen LogP contribution in [-0.4, -0.2) is 51.2 Å². The van der Waals surface area contributed by atoms with E-state index in [1.165, 1.54) is 25.0 Å². The van der Waals surface area contributed by atoms with Gasteiger partial charge < -0.3 is 20.3 Å². The van der Waals surface area contributed by atoms with Crippen LogP contribution in [0.1, 0.15) is 24.8 Å². The summed E-state index contributed by atoms with van der Waals surface area (Å²) in [6.45, 7) is 0.543. The fraction of sp³-hybridized carbons (Fsp3) is 0.611. The summed E-state index contributed by atoms with van der Waals surface area (Å²) in [7, 11) is 3.83. The number of hydrogen-bond donors (Lipinski definition) is 2. The Bertz CT molecular complexity index is 593. The molecule has 0 aromatic heterocycles. The second-order valence-corrected chi connectivity index (χ2v) is 6.95. The van der Waals surface area contributed by atoms with Crippen LogP contribution >= 0.6 is 11.6 Å². The van der Waals surface area contributed by atoms with Crippen LogP contribution in [-0.2, 0) is 6.54 Å². The standard InChI is InChI=1S/C18H27ClF2N4O/c1-22-18(23-8-5-13-6-9-25(2)10-7-13)24-12-14-11-15(19)3-4-16(14)26-17(20)21/h3-4,11,13,17H,5-10,12H2,1-2H3,(H2,22,23,24). The Balaban J connectivity index is 1.80. The molecule has 26 heavy (non-hydrogen) atoms. The monoisotopic (exact) mass is 388 g/mol.